The summed E-state index contributed by atoms with van der Waals surface area (Å²) in [6.45, 7) is 9.10. The standard InChI is InChI=1S/C14H26N2O2/c1-4-11-8-16-6-5-12(11)7-13(16)9-18-14(17)15-10(2)3/h10-13H,4-9H2,1-3H3,(H,15,17)/t11-,12+,13+/m0/s1. The fourth-order valence-electron chi connectivity index (χ4n) is 3.33. The minimum absolute atomic E-state index is 0.144. The number of carbonyl (C=O) groups excluding carboxylic acids is 1. The van der Waals surface area contributed by atoms with Crippen LogP contribution >= 0.6 is 0 Å². The van der Waals surface area contributed by atoms with Crippen LogP contribution in [0.4, 0.5) is 4.79 Å². The lowest BCUT2D eigenvalue weighted by Crippen LogP contribution is -2.55. The first kappa shape index (κ1) is 13.7. The zero-order valence-corrected chi connectivity index (χ0v) is 11.8. The highest BCUT2D eigenvalue weighted by atomic mass is 16.5. The molecule has 4 heteroatoms. The van der Waals surface area contributed by atoms with E-state index in [1.807, 2.05) is 13.8 Å². The maximum absolute atomic E-state index is 11.5. The van der Waals surface area contributed by atoms with Crippen LogP contribution in [-0.4, -0.2) is 42.8 Å². The summed E-state index contributed by atoms with van der Waals surface area (Å²) in [5.74, 6) is 1.71. The second-order valence-electron chi connectivity index (χ2n) is 6.00. The van der Waals surface area contributed by atoms with Crippen molar-refractivity contribution in [2.75, 3.05) is 19.7 Å². The Morgan fingerprint density at radius 3 is 2.83 bits per heavy atom. The fraction of sp³-hybridized carbons (Fsp3) is 0.929. The largest absolute Gasteiger partial charge is 0.448 e. The molecule has 104 valence electrons. The third-order valence-electron chi connectivity index (χ3n) is 4.35. The van der Waals surface area contributed by atoms with E-state index in [0.29, 0.717) is 12.6 Å². The van der Waals surface area contributed by atoms with Gasteiger partial charge in [-0.1, -0.05) is 13.3 Å². The Balaban J connectivity index is 1.77. The molecule has 1 N–H and O–H groups in total. The Labute approximate surface area is 110 Å². The van der Waals surface area contributed by atoms with Crippen LogP contribution in [0.15, 0.2) is 0 Å². The van der Waals surface area contributed by atoms with Gasteiger partial charge in [0.1, 0.15) is 6.61 Å². The van der Waals surface area contributed by atoms with Crippen LogP contribution in [0.25, 0.3) is 0 Å². The molecule has 2 bridgehead atoms. The molecule has 1 unspecified atom stereocenters. The fourth-order valence-corrected chi connectivity index (χ4v) is 3.33. The lowest BCUT2D eigenvalue weighted by atomic mass is 9.75. The van der Waals surface area contributed by atoms with E-state index < -0.39 is 0 Å². The molecule has 3 aliphatic heterocycles. The van der Waals surface area contributed by atoms with Gasteiger partial charge >= 0.3 is 6.09 Å². The summed E-state index contributed by atoms with van der Waals surface area (Å²) in [4.78, 5) is 14.0. The molecule has 0 radical (unpaired) electrons. The van der Waals surface area contributed by atoms with Crippen LogP contribution in [0.5, 0.6) is 0 Å². The van der Waals surface area contributed by atoms with Gasteiger partial charge < -0.3 is 10.1 Å². The predicted octanol–water partition coefficient (Wildman–Crippen LogP) is 2.24. The molecule has 3 rings (SSSR count). The van der Waals surface area contributed by atoms with Crippen molar-refractivity contribution in [2.45, 2.75) is 52.1 Å². The molecule has 4 nitrogen and oxygen atoms in total. The monoisotopic (exact) mass is 254 g/mol. The number of fused-ring (bicyclic) bond motifs is 3. The molecule has 3 saturated heterocycles. The number of nitrogens with zero attached hydrogens (tertiary/aromatic N) is 1. The van der Waals surface area contributed by atoms with Crippen LogP contribution in [0.3, 0.4) is 0 Å². The van der Waals surface area contributed by atoms with Crippen molar-refractivity contribution < 1.29 is 9.53 Å². The van der Waals surface area contributed by atoms with Crippen molar-refractivity contribution in [1.82, 2.24) is 10.2 Å². The lowest BCUT2D eigenvalue weighted by molar-refractivity contribution is -0.0256. The molecular formula is C14H26N2O2. The van der Waals surface area contributed by atoms with Crippen LogP contribution in [-0.2, 0) is 4.74 Å². The minimum Gasteiger partial charge on any atom is -0.448 e. The van der Waals surface area contributed by atoms with Gasteiger partial charge in [0.15, 0.2) is 0 Å². The van der Waals surface area contributed by atoms with Gasteiger partial charge in [-0.25, -0.2) is 4.79 Å². The zero-order chi connectivity index (χ0) is 13.1. The number of piperidine rings is 3. The molecule has 0 spiro atoms. The summed E-state index contributed by atoms with van der Waals surface area (Å²) in [6.07, 6.45) is 3.53. The Kier molecular flexibility index (Phi) is 4.49. The smallest absolute Gasteiger partial charge is 0.407 e. The van der Waals surface area contributed by atoms with Gasteiger partial charge in [0.05, 0.1) is 0 Å². The molecule has 3 fully saturated rings. The van der Waals surface area contributed by atoms with Gasteiger partial charge in [-0.3, -0.25) is 4.90 Å². The first-order valence-electron chi connectivity index (χ1n) is 7.27. The molecule has 0 aliphatic carbocycles. The van der Waals surface area contributed by atoms with Crippen LogP contribution in [0.1, 0.15) is 40.0 Å². The molecule has 0 aromatic rings. The number of carbonyl (C=O) groups is 1. The Bertz CT molecular complexity index is 294. The number of hydrogen-bond donors (Lipinski definition) is 1. The van der Waals surface area contributed by atoms with E-state index >= 15 is 0 Å². The lowest BCUT2D eigenvalue weighted by Gasteiger charge is -2.49. The summed E-state index contributed by atoms with van der Waals surface area (Å²) in [6, 6.07) is 0.592. The maximum atomic E-state index is 11.5. The average molecular weight is 254 g/mol. The Hall–Kier alpha value is -0.770. The van der Waals surface area contributed by atoms with Crippen molar-refractivity contribution in [3.63, 3.8) is 0 Å². The molecule has 0 aromatic carbocycles. The molecule has 0 aromatic heterocycles. The summed E-state index contributed by atoms with van der Waals surface area (Å²) in [5.41, 5.74) is 0. The van der Waals surface area contributed by atoms with Gasteiger partial charge in [0.2, 0.25) is 0 Å². The molecule has 1 amide bonds. The predicted molar refractivity (Wildman–Crippen MR) is 71.5 cm³/mol. The van der Waals surface area contributed by atoms with Crippen LogP contribution in [0.2, 0.25) is 0 Å². The molecule has 3 heterocycles. The summed E-state index contributed by atoms with van der Waals surface area (Å²) in [5, 5.41) is 2.77. The molecule has 18 heavy (non-hydrogen) atoms. The third kappa shape index (κ3) is 3.16. The summed E-state index contributed by atoms with van der Waals surface area (Å²) >= 11 is 0. The third-order valence-corrected chi connectivity index (χ3v) is 4.35. The highest BCUT2D eigenvalue weighted by Gasteiger charge is 2.39. The number of nitrogens with one attached hydrogen (secondary N) is 1. The number of alkyl carbamates (subject to hydrolysis) is 1. The van der Waals surface area contributed by atoms with Gasteiger partial charge in [0, 0.05) is 18.6 Å². The molecule has 3 aliphatic rings. The van der Waals surface area contributed by atoms with Crippen molar-refractivity contribution in [3.05, 3.63) is 0 Å². The first-order valence-corrected chi connectivity index (χ1v) is 7.27. The van der Waals surface area contributed by atoms with E-state index in [4.69, 9.17) is 4.74 Å². The highest BCUT2D eigenvalue weighted by Crippen LogP contribution is 2.37. The van der Waals surface area contributed by atoms with Crippen molar-refractivity contribution in [2.24, 2.45) is 11.8 Å². The SMILES string of the molecule is CC[C@H]1CN2CC[C@@H]1C[C@@H]2COC(=O)NC(C)C. The van der Waals surface area contributed by atoms with E-state index in [2.05, 4.69) is 17.1 Å². The molecular weight excluding hydrogens is 228 g/mol. The van der Waals surface area contributed by atoms with Crippen LogP contribution < -0.4 is 5.32 Å². The second-order valence-corrected chi connectivity index (χ2v) is 6.00. The zero-order valence-electron chi connectivity index (χ0n) is 11.8. The van der Waals surface area contributed by atoms with Crippen molar-refractivity contribution in [1.29, 1.82) is 0 Å². The Morgan fingerprint density at radius 1 is 1.50 bits per heavy atom. The average Bonchev–Trinajstić information content (AvgIpc) is 2.36. The van der Waals surface area contributed by atoms with E-state index in [0.717, 1.165) is 11.8 Å². The summed E-state index contributed by atoms with van der Waals surface area (Å²) in [7, 11) is 0. The van der Waals surface area contributed by atoms with E-state index in [9.17, 15) is 4.79 Å². The quantitative estimate of drug-likeness (QED) is 0.836. The number of ether oxygens (including phenoxy) is 1. The van der Waals surface area contributed by atoms with Crippen molar-refractivity contribution in [3.8, 4) is 0 Å². The minimum atomic E-state index is -0.278. The number of hydrogen-bond acceptors (Lipinski definition) is 3. The van der Waals surface area contributed by atoms with Gasteiger partial charge in [0.25, 0.3) is 0 Å². The van der Waals surface area contributed by atoms with E-state index in [1.165, 1.54) is 32.4 Å². The topological polar surface area (TPSA) is 41.6 Å². The molecule has 0 saturated carbocycles. The number of rotatable bonds is 4. The second kappa shape index (κ2) is 5.91. The van der Waals surface area contributed by atoms with Gasteiger partial charge in [-0.05, 0) is 45.1 Å². The summed E-state index contributed by atoms with van der Waals surface area (Å²) < 4.78 is 5.32. The van der Waals surface area contributed by atoms with E-state index in [-0.39, 0.29) is 12.1 Å². The first-order chi connectivity index (χ1) is 8.60. The van der Waals surface area contributed by atoms with E-state index in [1.54, 1.807) is 0 Å². The maximum Gasteiger partial charge on any atom is 0.407 e. The Morgan fingerprint density at radius 2 is 2.28 bits per heavy atom. The molecule has 4 atom stereocenters. The highest BCUT2D eigenvalue weighted by molar-refractivity contribution is 5.67. The number of amides is 1. The van der Waals surface area contributed by atoms with Gasteiger partial charge in [-0.2, -0.15) is 0 Å². The van der Waals surface area contributed by atoms with Crippen LogP contribution in [0, 0.1) is 11.8 Å². The van der Waals surface area contributed by atoms with Gasteiger partial charge in [-0.15, -0.1) is 0 Å². The van der Waals surface area contributed by atoms with Crippen molar-refractivity contribution >= 4 is 6.09 Å². The normalized spacial score (nSPS) is 34.7.